The molecular weight excluding hydrogens is 671 g/mol. The van der Waals surface area contributed by atoms with Crippen molar-refractivity contribution in [2.24, 2.45) is 0 Å². The Morgan fingerprint density at radius 2 is 0.909 bits per heavy atom. The largest absolute Gasteiger partial charge is 0.456 e. The van der Waals surface area contributed by atoms with Crippen molar-refractivity contribution in [1.29, 1.82) is 0 Å². The lowest BCUT2D eigenvalue weighted by molar-refractivity contribution is 0.353. The Kier molecular flexibility index (Phi) is 7.38. The molecule has 2 heterocycles. The second-order valence-electron chi connectivity index (χ2n) is 15.1. The summed E-state index contributed by atoms with van der Waals surface area (Å²) in [6.45, 7) is 0. The fourth-order valence-corrected chi connectivity index (χ4v) is 9.22. The van der Waals surface area contributed by atoms with Crippen molar-refractivity contribution < 1.29 is 4.42 Å². The Morgan fingerprint density at radius 3 is 1.67 bits per heavy atom. The van der Waals surface area contributed by atoms with E-state index in [1.165, 1.54) is 76.3 Å². The first-order chi connectivity index (χ1) is 27.2. The number of hydrogen-bond acceptors (Lipinski definition) is 4. The van der Waals surface area contributed by atoms with E-state index in [0.717, 1.165) is 39.0 Å². The van der Waals surface area contributed by atoms with Gasteiger partial charge in [-0.1, -0.05) is 153 Å². The van der Waals surface area contributed by atoms with Crippen molar-refractivity contribution in [3.05, 3.63) is 175 Å². The van der Waals surface area contributed by atoms with Crippen molar-refractivity contribution in [1.82, 2.24) is 15.0 Å². The summed E-state index contributed by atoms with van der Waals surface area (Å²) in [7, 11) is 0. The molecule has 0 unspecified atom stereocenters. The first-order valence-corrected chi connectivity index (χ1v) is 19.4. The Morgan fingerprint density at radius 1 is 0.364 bits per heavy atom. The highest BCUT2D eigenvalue weighted by molar-refractivity contribution is 6.07. The van der Waals surface area contributed by atoms with Crippen LogP contribution in [0.1, 0.15) is 43.2 Å². The summed E-state index contributed by atoms with van der Waals surface area (Å²) in [5, 5.41) is 2.42. The lowest BCUT2D eigenvalue weighted by Gasteiger charge is -2.36. The lowest BCUT2D eigenvalue weighted by Crippen LogP contribution is -2.28. The molecule has 262 valence electrons. The van der Waals surface area contributed by atoms with Gasteiger partial charge in [-0.2, -0.15) is 0 Å². The predicted octanol–water partition coefficient (Wildman–Crippen LogP) is 13.3. The molecule has 2 aliphatic carbocycles. The average molecular weight is 708 g/mol. The minimum absolute atomic E-state index is 0.0459. The van der Waals surface area contributed by atoms with E-state index in [9.17, 15) is 0 Å². The third-order valence-electron chi connectivity index (χ3n) is 11.9. The van der Waals surface area contributed by atoms with Crippen molar-refractivity contribution in [2.75, 3.05) is 0 Å². The van der Waals surface area contributed by atoms with Crippen LogP contribution < -0.4 is 0 Å². The molecule has 9 aromatic rings. The molecule has 0 amide bonds. The molecule has 1 saturated carbocycles. The van der Waals surface area contributed by atoms with Gasteiger partial charge < -0.3 is 4.42 Å². The van der Waals surface area contributed by atoms with Crippen LogP contribution in [0.5, 0.6) is 0 Å². The maximum Gasteiger partial charge on any atom is 0.164 e. The van der Waals surface area contributed by atoms with Crippen molar-refractivity contribution in [2.45, 2.75) is 37.5 Å². The van der Waals surface area contributed by atoms with Gasteiger partial charge in [-0.05, 0) is 87.7 Å². The molecule has 55 heavy (non-hydrogen) atoms. The number of fused-ring (bicyclic) bond motifs is 8. The second-order valence-corrected chi connectivity index (χ2v) is 15.1. The van der Waals surface area contributed by atoms with Gasteiger partial charge in [-0.15, -0.1) is 0 Å². The molecule has 2 aliphatic rings. The third kappa shape index (κ3) is 5.32. The summed E-state index contributed by atoms with van der Waals surface area (Å²) < 4.78 is 6.44. The van der Waals surface area contributed by atoms with Crippen LogP contribution in [0.4, 0.5) is 0 Å². The minimum atomic E-state index is 0.0459. The fourth-order valence-electron chi connectivity index (χ4n) is 9.22. The lowest BCUT2D eigenvalue weighted by atomic mass is 9.67. The van der Waals surface area contributed by atoms with E-state index in [-0.39, 0.29) is 5.41 Å². The van der Waals surface area contributed by atoms with Crippen LogP contribution in [0.25, 0.3) is 89.5 Å². The molecule has 0 radical (unpaired) electrons. The second kappa shape index (κ2) is 12.7. The molecule has 4 nitrogen and oxygen atoms in total. The highest BCUT2D eigenvalue weighted by Crippen LogP contribution is 2.57. The molecule has 11 rings (SSSR count). The van der Waals surface area contributed by atoms with Crippen LogP contribution >= 0.6 is 0 Å². The van der Waals surface area contributed by atoms with E-state index in [1.807, 2.05) is 24.3 Å². The van der Waals surface area contributed by atoms with E-state index in [1.54, 1.807) is 0 Å². The molecule has 0 atom stereocenters. The molecule has 7 aromatic carbocycles. The normalized spacial score (nSPS) is 14.3. The quantitative estimate of drug-likeness (QED) is 0.179. The molecule has 1 fully saturated rings. The van der Waals surface area contributed by atoms with Crippen LogP contribution in [0, 0.1) is 0 Å². The topological polar surface area (TPSA) is 51.8 Å². The molecule has 0 aliphatic heterocycles. The Labute approximate surface area is 320 Å². The zero-order chi connectivity index (χ0) is 36.3. The smallest absolute Gasteiger partial charge is 0.164 e. The predicted molar refractivity (Wildman–Crippen MR) is 224 cm³/mol. The number of aromatic nitrogens is 3. The third-order valence-corrected chi connectivity index (χ3v) is 11.9. The van der Waals surface area contributed by atoms with Gasteiger partial charge in [0.25, 0.3) is 0 Å². The summed E-state index contributed by atoms with van der Waals surface area (Å²) in [6.07, 6.45) is 6.18. The van der Waals surface area contributed by atoms with Crippen LogP contribution in [-0.4, -0.2) is 15.0 Å². The van der Waals surface area contributed by atoms with E-state index in [0.29, 0.717) is 17.5 Å². The van der Waals surface area contributed by atoms with Crippen LogP contribution in [0.15, 0.2) is 168 Å². The maximum absolute atomic E-state index is 6.44. The summed E-state index contributed by atoms with van der Waals surface area (Å²) in [5.74, 6) is 1.96. The maximum atomic E-state index is 6.44. The first-order valence-electron chi connectivity index (χ1n) is 19.4. The van der Waals surface area contributed by atoms with Gasteiger partial charge in [0.1, 0.15) is 11.2 Å². The number of furan rings is 1. The number of benzene rings is 7. The highest BCUT2D eigenvalue weighted by atomic mass is 16.3. The number of hydrogen-bond donors (Lipinski definition) is 0. The molecule has 1 spiro atoms. The Bertz CT molecular complexity index is 2890. The van der Waals surface area contributed by atoms with E-state index in [4.69, 9.17) is 19.4 Å². The van der Waals surface area contributed by atoms with E-state index >= 15 is 0 Å². The van der Waals surface area contributed by atoms with Gasteiger partial charge in [0.15, 0.2) is 17.5 Å². The number of rotatable bonds is 5. The van der Waals surface area contributed by atoms with Crippen molar-refractivity contribution in [3.63, 3.8) is 0 Å². The van der Waals surface area contributed by atoms with Gasteiger partial charge >= 0.3 is 0 Å². The molecule has 0 saturated heterocycles. The van der Waals surface area contributed by atoms with Crippen molar-refractivity contribution in [3.8, 4) is 67.5 Å². The summed E-state index contributed by atoms with van der Waals surface area (Å²) in [6, 6.07) is 58.1. The van der Waals surface area contributed by atoms with Gasteiger partial charge in [0, 0.05) is 32.9 Å². The Hall–Kier alpha value is -6.65. The minimum Gasteiger partial charge on any atom is -0.456 e. The standard InChI is InChI=1S/C51H37N3O/c1-4-13-33(14-5-1)34-21-23-36(24-22-34)49-52-48(35-15-6-2-7-16-35)53-50(54-49)39-18-12-17-37(29-39)38-25-26-44-41(30-38)42-32-47-43(40-19-8-9-20-46(40)55-47)31-45(42)51(44)27-10-3-11-28-51/h1-2,4-9,12-26,29-32H,3,10-11,27-28H2. The monoisotopic (exact) mass is 707 g/mol. The van der Waals surface area contributed by atoms with Crippen LogP contribution in [0.2, 0.25) is 0 Å². The van der Waals surface area contributed by atoms with Gasteiger partial charge in [-0.25, -0.2) is 15.0 Å². The van der Waals surface area contributed by atoms with Gasteiger partial charge in [0.2, 0.25) is 0 Å². The number of para-hydroxylation sites is 1. The highest BCUT2D eigenvalue weighted by Gasteiger charge is 2.44. The average Bonchev–Trinajstić information content (AvgIpc) is 3.75. The van der Waals surface area contributed by atoms with Crippen molar-refractivity contribution >= 4 is 21.9 Å². The molecular formula is C51H37N3O. The van der Waals surface area contributed by atoms with E-state index in [2.05, 4.69) is 140 Å². The molecule has 0 N–H and O–H groups in total. The summed E-state index contributed by atoms with van der Waals surface area (Å²) >= 11 is 0. The summed E-state index contributed by atoms with van der Waals surface area (Å²) in [4.78, 5) is 15.1. The first kappa shape index (κ1) is 31.8. The zero-order valence-corrected chi connectivity index (χ0v) is 30.4. The van der Waals surface area contributed by atoms with Crippen LogP contribution in [0.3, 0.4) is 0 Å². The SMILES string of the molecule is c1ccc(-c2ccc(-c3nc(-c4ccccc4)nc(-c4cccc(-c5ccc6c(c5)-c5cc7oc8ccccc8c7cc5C65CCCCC5)c4)n3)cc2)cc1. The van der Waals surface area contributed by atoms with Gasteiger partial charge in [-0.3, -0.25) is 0 Å². The number of nitrogens with zero attached hydrogens (tertiary/aromatic N) is 3. The fraction of sp³-hybridized carbons (Fsp3) is 0.118. The zero-order valence-electron chi connectivity index (χ0n) is 30.4. The Balaban J connectivity index is 1.02. The molecule has 2 aromatic heterocycles. The molecule has 0 bridgehead atoms. The van der Waals surface area contributed by atoms with Crippen LogP contribution in [-0.2, 0) is 5.41 Å². The molecule has 4 heteroatoms. The van der Waals surface area contributed by atoms with E-state index < -0.39 is 0 Å². The summed E-state index contributed by atoms with van der Waals surface area (Å²) in [5.41, 5.74) is 15.0. The van der Waals surface area contributed by atoms with Gasteiger partial charge in [0.05, 0.1) is 0 Å².